The van der Waals surface area contributed by atoms with Crippen LogP contribution in [0.1, 0.15) is 20.8 Å². The number of alkyl halides is 3. The zero-order valence-electron chi connectivity index (χ0n) is 14.0. The molecule has 5 nitrogen and oxygen atoms in total. The van der Waals surface area contributed by atoms with Crippen molar-refractivity contribution >= 4 is 5.96 Å². The van der Waals surface area contributed by atoms with E-state index < -0.39 is 12.2 Å². The van der Waals surface area contributed by atoms with Gasteiger partial charge in [-0.05, 0) is 20.8 Å². The first-order valence-electron chi connectivity index (χ1n) is 7.42. The second-order valence-corrected chi connectivity index (χ2v) is 6.11. The minimum absolute atomic E-state index is 0.331. The van der Waals surface area contributed by atoms with E-state index in [0.29, 0.717) is 38.7 Å². The van der Waals surface area contributed by atoms with Crippen molar-refractivity contribution in [3.63, 3.8) is 0 Å². The third kappa shape index (κ3) is 5.31. The van der Waals surface area contributed by atoms with Crippen LogP contribution in [0, 0.1) is 0 Å². The predicted octanol–water partition coefficient (Wildman–Crippen LogP) is 1.56. The Balaban J connectivity index is 2.52. The summed E-state index contributed by atoms with van der Waals surface area (Å²) >= 11 is 0. The van der Waals surface area contributed by atoms with Crippen LogP contribution in [0.4, 0.5) is 13.2 Å². The van der Waals surface area contributed by atoms with Crippen molar-refractivity contribution in [3.8, 4) is 0 Å². The first-order chi connectivity index (χ1) is 10.1. The highest BCUT2D eigenvalue weighted by molar-refractivity contribution is 5.80. The van der Waals surface area contributed by atoms with Crippen molar-refractivity contribution in [2.24, 2.45) is 4.99 Å². The maximum absolute atomic E-state index is 12.7. The van der Waals surface area contributed by atoms with Crippen LogP contribution in [0.5, 0.6) is 0 Å². The SMILES string of the molecule is CN=C(NCC(C)(C)OC)N1CCN(C(C)C(F)(F)F)CC1. The number of hydrogen-bond acceptors (Lipinski definition) is 3. The maximum Gasteiger partial charge on any atom is 0.403 e. The van der Waals surface area contributed by atoms with Gasteiger partial charge in [0.1, 0.15) is 6.04 Å². The summed E-state index contributed by atoms with van der Waals surface area (Å²) in [6, 6.07) is -1.41. The van der Waals surface area contributed by atoms with Gasteiger partial charge >= 0.3 is 6.18 Å². The molecule has 0 aromatic rings. The molecule has 1 aliphatic heterocycles. The highest BCUT2D eigenvalue weighted by atomic mass is 19.4. The van der Waals surface area contributed by atoms with E-state index in [-0.39, 0.29) is 5.60 Å². The van der Waals surface area contributed by atoms with E-state index in [0.717, 1.165) is 0 Å². The third-order valence-corrected chi connectivity index (χ3v) is 4.07. The molecule has 1 atom stereocenters. The van der Waals surface area contributed by atoms with E-state index in [2.05, 4.69) is 10.3 Å². The highest BCUT2D eigenvalue weighted by Gasteiger charge is 2.41. The van der Waals surface area contributed by atoms with Crippen LogP contribution in [0.3, 0.4) is 0 Å². The van der Waals surface area contributed by atoms with E-state index in [4.69, 9.17) is 4.74 Å². The first-order valence-corrected chi connectivity index (χ1v) is 7.42. The van der Waals surface area contributed by atoms with Crippen molar-refractivity contribution in [1.82, 2.24) is 15.1 Å². The Kier molecular flexibility index (Phi) is 6.49. The normalized spacial score (nSPS) is 20.2. The Bertz CT molecular complexity index is 377. The summed E-state index contributed by atoms with van der Waals surface area (Å²) < 4.78 is 43.6. The Morgan fingerprint density at radius 3 is 2.18 bits per heavy atom. The van der Waals surface area contributed by atoms with Crippen LogP contribution in [0.2, 0.25) is 0 Å². The first kappa shape index (κ1) is 19.0. The molecule has 1 unspecified atom stereocenters. The van der Waals surface area contributed by atoms with E-state index in [1.165, 1.54) is 11.8 Å². The topological polar surface area (TPSA) is 40.1 Å². The molecule has 0 aromatic heterocycles. The molecule has 22 heavy (non-hydrogen) atoms. The van der Waals surface area contributed by atoms with E-state index >= 15 is 0 Å². The molecule has 0 spiro atoms. The van der Waals surface area contributed by atoms with Crippen molar-refractivity contribution in [1.29, 1.82) is 0 Å². The molecular weight excluding hydrogens is 297 g/mol. The molecule has 0 bridgehead atoms. The number of piperazine rings is 1. The Morgan fingerprint density at radius 2 is 1.77 bits per heavy atom. The van der Waals surface area contributed by atoms with Crippen molar-refractivity contribution in [2.75, 3.05) is 46.9 Å². The van der Waals surface area contributed by atoms with Crippen LogP contribution < -0.4 is 5.32 Å². The molecule has 0 radical (unpaired) electrons. The number of nitrogens with zero attached hydrogens (tertiary/aromatic N) is 3. The molecule has 1 aliphatic rings. The van der Waals surface area contributed by atoms with E-state index in [1.54, 1.807) is 14.2 Å². The summed E-state index contributed by atoms with van der Waals surface area (Å²) in [5, 5.41) is 3.21. The van der Waals surface area contributed by atoms with Gasteiger partial charge in [0, 0.05) is 46.9 Å². The molecule has 0 saturated carbocycles. The van der Waals surface area contributed by atoms with Gasteiger partial charge in [-0.1, -0.05) is 0 Å². The lowest BCUT2D eigenvalue weighted by Gasteiger charge is -2.40. The summed E-state index contributed by atoms with van der Waals surface area (Å²) in [5.74, 6) is 0.699. The summed E-state index contributed by atoms with van der Waals surface area (Å²) in [6.07, 6.45) is -4.18. The standard InChI is InChI=1S/C14H27F3N4O/c1-11(14(15,16)17)20-6-8-21(9-7-20)12(18-4)19-10-13(2,3)22-5/h11H,6-10H2,1-5H3,(H,18,19). The zero-order valence-corrected chi connectivity index (χ0v) is 14.0. The van der Waals surface area contributed by atoms with Crippen LogP contribution in [-0.4, -0.2) is 80.5 Å². The molecule has 1 rings (SSSR count). The van der Waals surface area contributed by atoms with Gasteiger partial charge in [0.15, 0.2) is 5.96 Å². The predicted molar refractivity (Wildman–Crippen MR) is 81.1 cm³/mol. The van der Waals surface area contributed by atoms with E-state index in [1.807, 2.05) is 18.7 Å². The Hall–Kier alpha value is -1.02. The quantitative estimate of drug-likeness (QED) is 0.629. The average molecular weight is 324 g/mol. The lowest BCUT2D eigenvalue weighted by Crippen LogP contribution is -2.57. The number of nitrogens with one attached hydrogen (secondary N) is 1. The number of methoxy groups -OCH3 is 1. The minimum Gasteiger partial charge on any atom is -0.377 e. The summed E-state index contributed by atoms with van der Waals surface area (Å²) in [4.78, 5) is 7.64. The average Bonchev–Trinajstić information content (AvgIpc) is 2.47. The maximum atomic E-state index is 12.7. The zero-order chi connectivity index (χ0) is 17.0. The number of ether oxygens (including phenoxy) is 1. The number of hydrogen-bond donors (Lipinski definition) is 1. The molecule has 1 heterocycles. The van der Waals surface area contributed by atoms with Crippen molar-refractivity contribution < 1.29 is 17.9 Å². The Labute approximate surface area is 130 Å². The summed E-state index contributed by atoms with van der Waals surface area (Å²) in [5.41, 5.74) is -0.331. The molecule has 0 amide bonds. The van der Waals surface area contributed by atoms with E-state index in [9.17, 15) is 13.2 Å². The van der Waals surface area contributed by atoms with Gasteiger partial charge in [0.05, 0.1) is 5.60 Å². The number of rotatable bonds is 4. The lowest BCUT2D eigenvalue weighted by atomic mass is 10.1. The fourth-order valence-electron chi connectivity index (χ4n) is 2.22. The molecule has 1 N–H and O–H groups in total. The number of aliphatic imine (C=N–C) groups is 1. The second-order valence-electron chi connectivity index (χ2n) is 6.11. The summed E-state index contributed by atoms with van der Waals surface area (Å²) in [7, 11) is 3.31. The van der Waals surface area contributed by atoms with Crippen molar-refractivity contribution in [2.45, 2.75) is 38.6 Å². The third-order valence-electron chi connectivity index (χ3n) is 4.07. The van der Waals surface area contributed by atoms with Gasteiger partial charge in [-0.15, -0.1) is 0 Å². The van der Waals surface area contributed by atoms with Gasteiger partial charge in [-0.2, -0.15) is 13.2 Å². The smallest absolute Gasteiger partial charge is 0.377 e. The van der Waals surface area contributed by atoms with Gasteiger partial charge in [-0.3, -0.25) is 9.89 Å². The number of guanidine groups is 1. The lowest BCUT2D eigenvalue weighted by molar-refractivity contribution is -0.181. The molecular formula is C14H27F3N4O. The largest absolute Gasteiger partial charge is 0.403 e. The van der Waals surface area contributed by atoms with Crippen LogP contribution in [0.25, 0.3) is 0 Å². The fraction of sp³-hybridized carbons (Fsp3) is 0.929. The van der Waals surface area contributed by atoms with Crippen molar-refractivity contribution in [3.05, 3.63) is 0 Å². The Morgan fingerprint density at radius 1 is 1.23 bits per heavy atom. The number of halogens is 3. The highest BCUT2D eigenvalue weighted by Crippen LogP contribution is 2.25. The van der Waals surface area contributed by atoms with Gasteiger partial charge in [0.25, 0.3) is 0 Å². The van der Waals surface area contributed by atoms with Gasteiger partial charge in [0.2, 0.25) is 0 Å². The van der Waals surface area contributed by atoms with Gasteiger partial charge in [-0.25, -0.2) is 0 Å². The second kappa shape index (κ2) is 7.50. The summed E-state index contributed by atoms with van der Waals surface area (Å²) in [6.45, 7) is 7.48. The monoisotopic (exact) mass is 324 g/mol. The minimum atomic E-state index is -4.18. The molecule has 0 aromatic carbocycles. The molecule has 1 saturated heterocycles. The molecule has 0 aliphatic carbocycles. The van der Waals surface area contributed by atoms with Crippen LogP contribution in [-0.2, 0) is 4.74 Å². The van der Waals surface area contributed by atoms with Crippen LogP contribution in [0.15, 0.2) is 4.99 Å². The van der Waals surface area contributed by atoms with Crippen LogP contribution >= 0.6 is 0 Å². The fourth-order valence-corrected chi connectivity index (χ4v) is 2.22. The molecule has 8 heteroatoms. The van der Waals surface area contributed by atoms with Gasteiger partial charge < -0.3 is 15.0 Å². The molecule has 1 fully saturated rings. The molecule has 130 valence electrons.